The lowest BCUT2D eigenvalue weighted by molar-refractivity contribution is -0.127. The zero-order valence-electron chi connectivity index (χ0n) is 11.7. The average Bonchev–Trinajstić information content (AvgIpc) is 2.71. The molecule has 1 aromatic rings. The summed E-state index contributed by atoms with van der Waals surface area (Å²) in [6, 6.07) is 7.60. The van der Waals surface area contributed by atoms with E-state index in [1.807, 2.05) is 43.3 Å². The van der Waals surface area contributed by atoms with Crippen LogP contribution in [0.25, 0.3) is 0 Å². The van der Waals surface area contributed by atoms with Gasteiger partial charge in [-0.25, -0.2) is 9.69 Å². The Bertz CT molecular complexity index is 581. The van der Waals surface area contributed by atoms with E-state index in [1.54, 1.807) is 6.92 Å². The van der Waals surface area contributed by atoms with Crippen LogP contribution in [0.3, 0.4) is 0 Å². The number of benzene rings is 1. The van der Waals surface area contributed by atoms with Crippen LogP contribution in [0.2, 0.25) is 0 Å². The van der Waals surface area contributed by atoms with E-state index in [9.17, 15) is 9.59 Å². The largest absolute Gasteiger partial charge is 0.422 e. The third-order valence-corrected chi connectivity index (χ3v) is 2.98. The summed E-state index contributed by atoms with van der Waals surface area (Å²) in [5.41, 5.74) is 1.84. The number of hydrogen-bond donors (Lipinski definition) is 0. The second kappa shape index (κ2) is 5.66. The summed E-state index contributed by atoms with van der Waals surface area (Å²) >= 11 is 0. The molecule has 1 saturated heterocycles. The molecule has 1 atom stereocenters. The molecule has 2 amide bonds. The zero-order valence-corrected chi connectivity index (χ0v) is 11.7. The fourth-order valence-corrected chi connectivity index (χ4v) is 1.81. The zero-order chi connectivity index (χ0) is 14.7. The van der Waals surface area contributed by atoms with Crippen LogP contribution in [0.15, 0.2) is 24.3 Å². The number of carbonyl (C=O) groups excluding carboxylic acids is 2. The fourth-order valence-electron chi connectivity index (χ4n) is 1.81. The van der Waals surface area contributed by atoms with Crippen LogP contribution in [0.1, 0.15) is 12.5 Å². The van der Waals surface area contributed by atoms with Gasteiger partial charge in [-0.15, -0.1) is 0 Å². The van der Waals surface area contributed by atoms with E-state index >= 15 is 0 Å². The first kappa shape index (κ1) is 13.9. The van der Waals surface area contributed by atoms with Gasteiger partial charge in [0.05, 0.1) is 0 Å². The van der Waals surface area contributed by atoms with Gasteiger partial charge in [0.1, 0.15) is 0 Å². The molecular weight excluding hydrogens is 256 g/mol. The molecule has 0 saturated carbocycles. The Kier molecular flexibility index (Phi) is 3.94. The number of ether oxygens (including phenoxy) is 1. The van der Waals surface area contributed by atoms with Crippen molar-refractivity contribution < 1.29 is 14.3 Å². The van der Waals surface area contributed by atoms with Crippen molar-refractivity contribution in [1.29, 1.82) is 0 Å². The predicted octanol–water partition coefficient (Wildman–Crippen LogP) is 1.47. The average molecular weight is 272 g/mol. The molecule has 0 spiro atoms. The Morgan fingerprint density at radius 2 is 1.90 bits per heavy atom. The van der Waals surface area contributed by atoms with Crippen LogP contribution in [0.4, 0.5) is 10.5 Å². The third kappa shape index (κ3) is 2.75. The van der Waals surface area contributed by atoms with E-state index in [0.29, 0.717) is 6.54 Å². The molecule has 0 N–H and O–H groups in total. The second-order valence-electron chi connectivity index (χ2n) is 4.56. The van der Waals surface area contributed by atoms with Gasteiger partial charge in [-0.05, 0) is 37.1 Å². The highest BCUT2D eigenvalue weighted by Gasteiger charge is 2.38. The molecule has 1 unspecified atom stereocenters. The van der Waals surface area contributed by atoms with Crippen molar-refractivity contribution in [1.82, 2.24) is 4.90 Å². The van der Waals surface area contributed by atoms with Gasteiger partial charge in [0.2, 0.25) is 6.10 Å². The molecule has 0 bridgehead atoms. The van der Waals surface area contributed by atoms with Crippen LogP contribution in [0, 0.1) is 11.8 Å². The Morgan fingerprint density at radius 3 is 2.40 bits per heavy atom. The molecule has 0 radical (unpaired) electrons. The van der Waals surface area contributed by atoms with Gasteiger partial charge in [-0.1, -0.05) is 5.92 Å². The number of nitrogens with zero attached hydrogens (tertiary/aromatic N) is 2. The molecule has 5 heteroatoms. The van der Waals surface area contributed by atoms with Crippen LogP contribution in [-0.2, 0) is 9.53 Å². The summed E-state index contributed by atoms with van der Waals surface area (Å²) in [7, 11) is 3.91. The number of cyclic esters (lactones) is 1. The first-order chi connectivity index (χ1) is 9.52. The van der Waals surface area contributed by atoms with E-state index in [2.05, 4.69) is 11.8 Å². The Morgan fingerprint density at radius 1 is 1.25 bits per heavy atom. The van der Waals surface area contributed by atoms with Crippen LogP contribution in [0.5, 0.6) is 0 Å². The summed E-state index contributed by atoms with van der Waals surface area (Å²) in [5.74, 6) is 5.15. The minimum absolute atomic E-state index is 0.299. The van der Waals surface area contributed by atoms with Crippen molar-refractivity contribution in [3.05, 3.63) is 29.8 Å². The summed E-state index contributed by atoms with van der Waals surface area (Å²) < 4.78 is 4.92. The summed E-state index contributed by atoms with van der Waals surface area (Å²) in [4.78, 5) is 26.2. The molecular formula is C15H16N2O3. The summed E-state index contributed by atoms with van der Waals surface area (Å²) in [5, 5.41) is 0. The minimum atomic E-state index is -0.990. The molecule has 0 aromatic heterocycles. The van der Waals surface area contributed by atoms with E-state index in [4.69, 9.17) is 4.74 Å². The van der Waals surface area contributed by atoms with Gasteiger partial charge >= 0.3 is 6.09 Å². The topological polar surface area (TPSA) is 49.9 Å². The number of anilines is 1. The quantitative estimate of drug-likeness (QED) is 0.765. The maximum absolute atomic E-state index is 11.8. The molecule has 1 heterocycles. The molecule has 5 nitrogen and oxygen atoms in total. The molecule has 1 aliphatic rings. The van der Waals surface area contributed by atoms with E-state index in [1.165, 1.54) is 0 Å². The summed E-state index contributed by atoms with van der Waals surface area (Å²) in [6.45, 7) is 2.02. The number of carbonyl (C=O) groups is 2. The third-order valence-electron chi connectivity index (χ3n) is 2.98. The summed E-state index contributed by atoms with van der Waals surface area (Å²) in [6.07, 6.45) is -1.62. The number of imide groups is 1. The van der Waals surface area contributed by atoms with Crippen molar-refractivity contribution in [3.8, 4) is 11.8 Å². The van der Waals surface area contributed by atoms with Crippen LogP contribution >= 0.6 is 0 Å². The highest BCUT2D eigenvalue weighted by molar-refractivity contribution is 6.01. The van der Waals surface area contributed by atoms with Gasteiger partial charge in [-0.2, -0.15) is 0 Å². The van der Waals surface area contributed by atoms with E-state index in [0.717, 1.165) is 16.2 Å². The number of likely N-dealkylation sites (N-methyl/N-ethyl adjacent to an activating group) is 1. The monoisotopic (exact) mass is 272 g/mol. The van der Waals surface area contributed by atoms with Gasteiger partial charge in [0.25, 0.3) is 5.91 Å². The van der Waals surface area contributed by atoms with Crippen molar-refractivity contribution in [2.45, 2.75) is 13.0 Å². The molecule has 0 aliphatic carbocycles. The highest BCUT2D eigenvalue weighted by atomic mass is 16.6. The smallest absolute Gasteiger partial charge is 0.418 e. The number of amides is 2. The SMILES string of the molecule is CCN1C(=O)OC(C#Cc2ccc(N(C)C)cc2)C1=O. The Labute approximate surface area is 118 Å². The Hall–Kier alpha value is -2.48. The Balaban J connectivity index is 2.11. The van der Waals surface area contributed by atoms with Gasteiger partial charge < -0.3 is 9.64 Å². The maximum Gasteiger partial charge on any atom is 0.418 e. The predicted molar refractivity (Wildman–Crippen MR) is 75.3 cm³/mol. The van der Waals surface area contributed by atoms with Crippen LogP contribution < -0.4 is 4.90 Å². The molecule has 20 heavy (non-hydrogen) atoms. The molecule has 1 aromatic carbocycles. The number of rotatable bonds is 2. The standard InChI is InChI=1S/C15H16N2O3/c1-4-17-14(18)13(20-15(17)19)10-7-11-5-8-12(9-6-11)16(2)3/h5-6,8-9,13H,4H2,1-3H3. The normalized spacial score (nSPS) is 17.6. The van der Waals surface area contributed by atoms with Gasteiger partial charge in [0, 0.05) is 31.9 Å². The van der Waals surface area contributed by atoms with Gasteiger partial charge in [-0.3, -0.25) is 4.79 Å². The van der Waals surface area contributed by atoms with E-state index < -0.39 is 18.1 Å². The lowest BCUT2D eigenvalue weighted by Crippen LogP contribution is -2.30. The van der Waals surface area contributed by atoms with Crippen molar-refractivity contribution in [2.75, 3.05) is 25.5 Å². The molecule has 104 valence electrons. The van der Waals surface area contributed by atoms with Crippen molar-refractivity contribution >= 4 is 17.7 Å². The first-order valence-electron chi connectivity index (χ1n) is 6.34. The molecule has 1 aliphatic heterocycles. The lowest BCUT2D eigenvalue weighted by Gasteiger charge is -2.11. The first-order valence-corrected chi connectivity index (χ1v) is 6.34. The lowest BCUT2D eigenvalue weighted by atomic mass is 10.2. The molecule has 2 rings (SSSR count). The van der Waals surface area contributed by atoms with Crippen LogP contribution in [-0.4, -0.2) is 43.6 Å². The van der Waals surface area contributed by atoms with Crippen molar-refractivity contribution in [2.24, 2.45) is 0 Å². The highest BCUT2D eigenvalue weighted by Crippen LogP contribution is 2.13. The molecule has 1 fully saturated rings. The fraction of sp³-hybridized carbons (Fsp3) is 0.333. The minimum Gasteiger partial charge on any atom is -0.422 e. The maximum atomic E-state index is 11.8. The second-order valence-corrected chi connectivity index (χ2v) is 4.56. The van der Waals surface area contributed by atoms with Crippen molar-refractivity contribution in [3.63, 3.8) is 0 Å². The van der Waals surface area contributed by atoms with Gasteiger partial charge in [0.15, 0.2) is 0 Å². The number of hydrogen-bond acceptors (Lipinski definition) is 4. The van der Waals surface area contributed by atoms with E-state index in [-0.39, 0.29) is 0 Å².